The zero-order valence-corrected chi connectivity index (χ0v) is 7.17. The number of carbonyl (C=O) groups excluding carboxylic acids is 1. The number of likely N-dealkylation sites (tertiary alicyclic amines) is 1. The first-order valence-corrected chi connectivity index (χ1v) is 4.29. The minimum absolute atomic E-state index is 0.00575. The maximum Gasteiger partial charge on any atom is 0.227 e. The van der Waals surface area contributed by atoms with Crippen molar-refractivity contribution in [2.45, 2.75) is 11.8 Å². The van der Waals surface area contributed by atoms with E-state index in [9.17, 15) is 4.79 Å². The number of hydrogen-bond acceptors (Lipinski definition) is 4. The van der Waals surface area contributed by atoms with Gasteiger partial charge in [0.05, 0.1) is 13.0 Å². The highest BCUT2D eigenvalue weighted by Gasteiger charge is 2.35. The van der Waals surface area contributed by atoms with Gasteiger partial charge in [0.1, 0.15) is 12.0 Å². The van der Waals surface area contributed by atoms with E-state index < -0.39 is 0 Å². The summed E-state index contributed by atoms with van der Waals surface area (Å²) in [6.07, 6.45) is 0.377. The molecule has 1 atom stereocenters. The van der Waals surface area contributed by atoms with Crippen molar-refractivity contribution in [2.75, 3.05) is 13.2 Å². The van der Waals surface area contributed by atoms with Gasteiger partial charge in [-0.25, -0.2) is 0 Å². The highest BCUT2D eigenvalue weighted by atomic mass is 32.2. The third-order valence-corrected chi connectivity index (χ3v) is 2.26. The van der Waals surface area contributed by atoms with Crippen molar-refractivity contribution in [3.63, 3.8) is 0 Å². The second-order valence-electron chi connectivity index (χ2n) is 2.30. The van der Waals surface area contributed by atoms with Crippen LogP contribution in [-0.4, -0.2) is 39.0 Å². The summed E-state index contributed by atoms with van der Waals surface area (Å²) in [5.41, 5.74) is 0. The number of hydrogen-bond donors (Lipinski definition) is 2. The van der Waals surface area contributed by atoms with E-state index in [1.165, 1.54) is 4.90 Å². The molecular formula is C7H9NO3S. The van der Waals surface area contributed by atoms with Gasteiger partial charge in [0, 0.05) is 12.0 Å². The van der Waals surface area contributed by atoms with Gasteiger partial charge in [-0.3, -0.25) is 4.79 Å². The molecule has 0 radical (unpaired) electrons. The molecule has 1 amide bonds. The van der Waals surface area contributed by atoms with Crippen LogP contribution in [0.4, 0.5) is 0 Å². The fourth-order valence-corrected chi connectivity index (χ4v) is 1.43. The second kappa shape index (κ2) is 4.36. The van der Waals surface area contributed by atoms with Crippen LogP contribution in [0, 0.1) is 11.8 Å². The average Bonchev–Trinajstić information content (AvgIpc) is 2.08. The van der Waals surface area contributed by atoms with Crippen LogP contribution in [0.25, 0.3) is 0 Å². The Balaban J connectivity index is 2.35. The van der Waals surface area contributed by atoms with E-state index in [-0.39, 0.29) is 24.4 Å². The number of carbonyl (C=O) groups is 1. The molecule has 0 saturated carbocycles. The monoisotopic (exact) mass is 187 g/mol. The predicted octanol–water partition coefficient (Wildman–Crippen LogP) is -0.253. The van der Waals surface area contributed by atoms with Crippen LogP contribution < -0.4 is 0 Å². The zero-order chi connectivity index (χ0) is 8.97. The van der Waals surface area contributed by atoms with Crippen LogP contribution in [0.2, 0.25) is 0 Å². The topological polar surface area (TPSA) is 60.8 Å². The standard InChI is InChI=1S/C7H9NO3S/c9-4-2-1-3-8-6(10)5-7(8)12-11/h7,9,11H,3-5H2. The molecule has 66 valence electrons. The first-order chi connectivity index (χ1) is 5.79. The lowest BCUT2D eigenvalue weighted by atomic mass is 10.2. The number of nitrogens with zero attached hydrogens (tertiary/aromatic N) is 1. The third kappa shape index (κ3) is 1.91. The van der Waals surface area contributed by atoms with Crippen molar-refractivity contribution in [3.05, 3.63) is 0 Å². The molecule has 0 aromatic carbocycles. The van der Waals surface area contributed by atoms with Crippen LogP contribution in [0.3, 0.4) is 0 Å². The minimum atomic E-state index is -0.195. The fraction of sp³-hybridized carbons (Fsp3) is 0.571. The molecule has 1 heterocycles. The maximum absolute atomic E-state index is 10.9. The first kappa shape index (κ1) is 9.39. The molecule has 1 unspecified atom stereocenters. The number of amides is 1. The Morgan fingerprint density at radius 3 is 2.92 bits per heavy atom. The van der Waals surface area contributed by atoms with E-state index in [4.69, 9.17) is 9.66 Å². The largest absolute Gasteiger partial charge is 0.384 e. The van der Waals surface area contributed by atoms with E-state index in [1.54, 1.807) is 0 Å². The third-order valence-electron chi connectivity index (χ3n) is 1.59. The smallest absolute Gasteiger partial charge is 0.227 e. The maximum atomic E-state index is 10.9. The summed E-state index contributed by atoms with van der Waals surface area (Å²) in [5.74, 6) is 5.04. The van der Waals surface area contributed by atoms with E-state index in [1.807, 2.05) is 0 Å². The Morgan fingerprint density at radius 2 is 2.42 bits per heavy atom. The van der Waals surface area contributed by atoms with Crippen LogP contribution in [0.15, 0.2) is 0 Å². The summed E-state index contributed by atoms with van der Waals surface area (Å²) in [7, 11) is 0. The molecule has 5 heteroatoms. The normalized spacial score (nSPS) is 21.3. The number of rotatable bonds is 2. The van der Waals surface area contributed by atoms with Gasteiger partial charge >= 0.3 is 0 Å². The predicted molar refractivity (Wildman–Crippen MR) is 45.2 cm³/mol. The Bertz CT molecular complexity index is 233. The molecule has 0 aromatic rings. The quantitative estimate of drug-likeness (QED) is 0.355. The van der Waals surface area contributed by atoms with Gasteiger partial charge in [-0.05, 0) is 0 Å². The van der Waals surface area contributed by atoms with Crippen molar-refractivity contribution < 1.29 is 14.5 Å². The Morgan fingerprint density at radius 1 is 1.67 bits per heavy atom. The molecule has 1 saturated heterocycles. The van der Waals surface area contributed by atoms with Crippen molar-refractivity contribution >= 4 is 17.9 Å². The summed E-state index contributed by atoms with van der Waals surface area (Å²) >= 11 is 0.656. The molecule has 1 rings (SSSR count). The molecule has 12 heavy (non-hydrogen) atoms. The Labute approximate surface area is 74.8 Å². The van der Waals surface area contributed by atoms with E-state index in [0.29, 0.717) is 18.5 Å². The summed E-state index contributed by atoms with van der Waals surface area (Å²) < 4.78 is 8.66. The summed E-state index contributed by atoms with van der Waals surface area (Å²) in [6, 6.07) is 0. The Kier molecular flexibility index (Phi) is 3.41. The summed E-state index contributed by atoms with van der Waals surface area (Å²) in [6.45, 7) is 0.0938. The van der Waals surface area contributed by atoms with Gasteiger partial charge in [-0.1, -0.05) is 11.8 Å². The van der Waals surface area contributed by atoms with Crippen LogP contribution >= 0.6 is 12.0 Å². The highest BCUT2D eigenvalue weighted by Crippen LogP contribution is 2.26. The molecular weight excluding hydrogens is 178 g/mol. The highest BCUT2D eigenvalue weighted by molar-refractivity contribution is 7.94. The first-order valence-electron chi connectivity index (χ1n) is 3.46. The van der Waals surface area contributed by atoms with Gasteiger partial charge in [0.15, 0.2) is 0 Å². The Hall–Kier alpha value is -0.700. The average molecular weight is 187 g/mol. The van der Waals surface area contributed by atoms with Gasteiger partial charge in [-0.15, -0.1) is 0 Å². The van der Waals surface area contributed by atoms with E-state index >= 15 is 0 Å². The molecule has 4 nitrogen and oxygen atoms in total. The number of aliphatic hydroxyl groups is 1. The molecule has 0 aliphatic carbocycles. The van der Waals surface area contributed by atoms with Crippen molar-refractivity contribution in [3.8, 4) is 11.8 Å². The SMILES string of the molecule is O=C1CC(SO)N1CC#CCO. The lowest BCUT2D eigenvalue weighted by molar-refractivity contribution is -0.140. The van der Waals surface area contributed by atoms with Gasteiger partial charge in [0.2, 0.25) is 5.91 Å². The molecule has 0 spiro atoms. The fourth-order valence-electron chi connectivity index (χ4n) is 0.906. The summed E-state index contributed by atoms with van der Waals surface area (Å²) in [4.78, 5) is 12.3. The van der Waals surface area contributed by atoms with Crippen molar-refractivity contribution in [2.24, 2.45) is 0 Å². The van der Waals surface area contributed by atoms with Gasteiger partial charge in [0.25, 0.3) is 0 Å². The molecule has 0 bridgehead atoms. The minimum Gasteiger partial charge on any atom is -0.384 e. The van der Waals surface area contributed by atoms with Crippen LogP contribution in [0.1, 0.15) is 6.42 Å². The molecule has 2 N–H and O–H groups in total. The molecule has 1 aliphatic rings. The van der Waals surface area contributed by atoms with Gasteiger partial charge < -0.3 is 14.6 Å². The van der Waals surface area contributed by atoms with E-state index in [0.717, 1.165) is 0 Å². The lowest BCUT2D eigenvalue weighted by Crippen LogP contribution is -2.50. The van der Waals surface area contributed by atoms with Gasteiger partial charge in [-0.2, -0.15) is 0 Å². The van der Waals surface area contributed by atoms with Crippen LogP contribution in [0.5, 0.6) is 0 Å². The molecule has 1 fully saturated rings. The number of β-lactam (4-membered cyclic amide) rings is 1. The number of aliphatic hydroxyl groups excluding tert-OH is 1. The van der Waals surface area contributed by atoms with E-state index in [2.05, 4.69) is 11.8 Å². The van der Waals surface area contributed by atoms with Crippen LogP contribution in [-0.2, 0) is 4.79 Å². The van der Waals surface area contributed by atoms with Crippen molar-refractivity contribution in [1.82, 2.24) is 4.90 Å². The molecule has 1 aliphatic heterocycles. The zero-order valence-electron chi connectivity index (χ0n) is 6.36. The summed E-state index contributed by atoms with van der Waals surface area (Å²) in [5, 5.41) is 8.18. The lowest BCUT2D eigenvalue weighted by Gasteiger charge is -2.36. The van der Waals surface area contributed by atoms with Crippen molar-refractivity contribution in [1.29, 1.82) is 0 Å². The molecule has 0 aromatic heterocycles. The second-order valence-corrected chi connectivity index (χ2v) is 3.05.